The summed E-state index contributed by atoms with van der Waals surface area (Å²) in [6.07, 6.45) is 1.88. The topological polar surface area (TPSA) is 78.6 Å². The van der Waals surface area contributed by atoms with Gasteiger partial charge in [-0.25, -0.2) is 9.97 Å². The fraction of sp³-hybridized carbons (Fsp3) is 0. The lowest BCUT2D eigenvalue weighted by molar-refractivity contribution is 0.483. The van der Waals surface area contributed by atoms with Gasteiger partial charge in [0.05, 0.1) is 22.2 Å². The number of imidazole rings is 1. The summed E-state index contributed by atoms with van der Waals surface area (Å²) in [4.78, 5) is 15.6. The number of nitrogens with zero attached hydrogens (tertiary/aromatic N) is 2. The molecule has 0 saturated heterocycles. The van der Waals surface area contributed by atoms with Crippen molar-refractivity contribution in [3.63, 3.8) is 0 Å². The minimum absolute atomic E-state index is 0.643. The van der Waals surface area contributed by atoms with Crippen LogP contribution in [0.15, 0.2) is 71.5 Å². The predicted octanol–water partition coefficient (Wildman–Crippen LogP) is 5.74. The van der Waals surface area contributed by atoms with Gasteiger partial charge in [0, 0.05) is 12.3 Å². The van der Waals surface area contributed by atoms with E-state index < -0.39 is 0 Å². The van der Waals surface area contributed by atoms with Gasteiger partial charge in [-0.15, -0.1) is 0 Å². The molecule has 5 aromatic rings. The third-order valence-electron chi connectivity index (χ3n) is 4.17. The van der Waals surface area contributed by atoms with Gasteiger partial charge in [0.2, 0.25) is 5.95 Å². The number of aromatic amines is 2. The average molecular weight is 420 g/mol. The van der Waals surface area contributed by atoms with Gasteiger partial charge < -0.3 is 20.0 Å². The highest BCUT2D eigenvalue weighted by atomic mass is 79.9. The number of fused-ring (bicyclic) bond motifs is 2. The van der Waals surface area contributed by atoms with Gasteiger partial charge >= 0.3 is 0 Å². The second kappa shape index (κ2) is 6.44. The molecule has 2 aromatic carbocycles. The smallest absolute Gasteiger partial charge is 0.205 e. The predicted molar refractivity (Wildman–Crippen MR) is 110 cm³/mol. The Kier molecular flexibility index (Phi) is 3.79. The number of hydrogen-bond acceptors (Lipinski definition) is 4. The zero-order valence-corrected chi connectivity index (χ0v) is 15.6. The Morgan fingerprint density at radius 3 is 2.63 bits per heavy atom. The van der Waals surface area contributed by atoms with Crippen LogP contribution in [0.3, 0.4) is 0 Å². The number of H-pyrrole nitrogens is 2. The Hall–Kier alpha value is -3.32. The molecule has 0 radical (unpaired) electrons. The van der Waals surface area contributed by atoms with Crippen LogP contribution in [0.25, 0.3) is 22.1 Å². The summed E-state index contributed by atoms with van der Waals surface area (Å²) < 4.78 is 6.66. The summed E-state index contributed by atoms with van der Waals surface area (Å²) in [7, 11) is 0. The monoisotopic (exact) mass is 419 g/mol. The number of hydrogen-bond donors (Lipinski definition) is 3. The highest BCUT2D eigenvalue weighted by molar-refractivity contribution is 9.10. The fourth-order valence-electron chi connectivity index (χ4n) is 2.93. The Morgan fingerprint density at radius 1 is 0.889 bits per heavy atom. The molecule has 132 valence electrons. The number of nitrogens with one attached hydrogen (secondary N) is 3. The molecule has 0 fully saturated rings. The number of rotatable bonds is 4. The van der Waals surface area contributed by atoms with Crippen LogP contribution >= 0.6 is 15.9 Å². The summed E-state index contributed by atoms with van der Waals surface area (Å²) in [5.74, 6) is 2.18. The third-order valence-corrected chi connectivity index (χ3v) is 4.62. The van der Waals surface area contributed by atoms with Gasteiger partial charge in [-0.1, -0.05) is 18.2 Å². The molecule has 6 nitrogen and oxygen atoms in total. The van der Waals surface area contributed by atoms with E-state index in [0.717, 1.165) is 43.9 Å². The normalized spacial score (nSPS) is 11.1. The Balaban J connectivity index is 1.45. The zero-order chi connectivity index (χ0) is 18.2. The summed E-state index contributed by atoms with van der Waals surface area (Å²) in [6, 6.07) is 19.3. The molecule has 3 N–H and O–H groups in total. The molecule has 0 bridgehead atoms. The van der Waals surface area contributed by atoms with Gasteiger partial charge in [0.25, 0.3) is 0 Å². The van der Waals surface area contributed by atoms with Crippen LogP contribution in [0.2, 0.25) is 0 Å². The van der Waals surface area contributed by atoms with E-state index in [4.69, 9.17) is 4.74 Å². The molecule has 0 atom stereocenters. The SMILES string of the molecule is Brc1ccc2[nH]cc(Nc3nc4cc(Oc5ccccc5)ccc4[nH]3)c2n1. The van der Waals surface area contributed by atoms with E-state index in [9.17, 15) is 0 Å². The first kappa shape index (κ1) is 15.9. The van der Waals surface area contributed by atoms with Gasteiger partial charge in [-0.05, 0) is 52.3 Å². The van der Waals surface area contributed by atoms with Crippen molar-refractivity contribution < 1.29 is 4.74 Å². The van der Waals surface area contributed by atoms with E-state index >= 15 is 0 Å². The first-order valence-corrected chi connectivity index (χ1v) is 9.17. The summed E-state index contributed by atoms with van der Waals surface area (Å²) >= 11 is 3.41. The van der Waals surface area contributed by atoms with E-state index in [1.54, 1.807) is 0 Å². The van der Waals surface area contributed by atoms with Gasteiger partial charge in [0.15, 0.2) is 0 Å². The van der Waals surface area contributed by atoms with Gasteiger partial charge in [-0.2, -0.15) is 0 Å². The van der Waals surface area contributed by atoms with Crippen LogP contribution in [0.5, 0.6) is 11.5 Å². The second-order valence-electron chi connectivity index (χ2n) is 6.04. The standard InChI is InChI=1S/C20H14BrN5O/c21-18-9-8-15-19(26-18)17(11-22-15)25-20-23-14-7-6-13(10-16(14)24-20)27-12-4-2-1-3-5-12/h1-11,22H,(H2,23,24,25). The van der Waals surface area contributed by atoms with E-state index in [1.165, 1.54) is 0 Å². The van der Waals surface area contributed by atoms with Crippen molar-refractivity contribution in [3.8, 4) is 11.5 Å². The highest BCUT2D eigenvalue weighted by Gasteiger charge is 2.09. The molecular weight excluding hydrogens is 406 g/mol. The van der Waals surface area contributed by atoms with Crippen molar-refractivity contribution in [1.82, 2.24) is 19.9 Å². The van der Waals surface area contributed by atoms with E-state index in [0.29, 0.717) is 5.95 Å². The third kappa shape index (κ3) is 3.13. The number of pyridine rings is 1. The number of anilines is 2. The fourth-order valence-corrected chi connectivity index (χ4v) is 3.24. The minimum Gasteiger partial charge on any atom is -0.457 e. The minimum atomic E-state index is 0.643. The lowest BCUT2D eigenvalue weighted by Gasteiger charge is -2.04. The number of aromatic nitrogens is 4. The number of benzene rings is 2. The molecule has 3 heterocycles. The van der Waals surface area contributed by atoms with E-state index in [-0.39, 0.29) is 0 Å². The summed E-state index contributed by atoms with van der Waals surface area (Å²) in [6.45, 7) is 0. The Morgan fingerprint density at radius 2 is 1.74 bits per heavy atom. The van der Waals surface area contributed by atoms with Crippen molar-refractivity contribution in [2.75, 3.05) is 5.32 Å². The number of halogens is 1. The van der Waals surface area contributed by atoms with Crippen molar-refractivity contribution in [3.05, 3.63) is 71.5 Å². The highest BCUT2D eigenvalue weighted by Crippen LogP contribution is 2.28. The van der Waals surface area contributed by atoms with Crippen LogP contribution in [0, 0.1) is 0 Å². The molecule has 0 spiro atoms. The molecular formula is C20H14BrN5O. The molecule has 0 aliphatic rings. The maximum absolute atomic E-state index is 5.88. The van der Waals surface area contributed by atoms with E-state index in [2.05, 4.69) is 41.2 Å². The van der Waals surface area contributed by atoms with E-state index in [1.807, 2.05) is 66.9 Å². The second-order valence-corrected chi connectivity index (χ2v) is 6.85. The first-order chi connectivity index (χ1) is 13.2. The average Bonchev–Trinajstić information content (AvgIpc) is 3.26. The molecule has 5 rings (SSSR count). The van der Waals surface area contributed by atoms with Crippen molar-refractivity contribution in [1.29, 1.82) is 0 Å². The first-order valence-electron chi connectivity index (χ1n) is 8.38. The molecule has 0 saturated carbocycles. The number of ether oxygens (including phenoxy) is 1. The van der Waals surface area contributed by atoms with Gasteiger partial charge in [-0.3, -0.25) is 0 Å². The zero-order valence-electron chi connectivity index (χ0n) is 14.0. The van der Waals surface area contributed by atoms with Crippen molar-refractivity contribution in [2.24, 2.45) is 0 Å². The summed E-state index contributed by atoms with van der Waals surface area (Å²) in [5.41, 5.74) is 4.39. The molecule has 27 heavy (non-hydrogen) atoms. The molecule has 0 unspecified atom stereocenters. The quantitative estimate of drug-likeness (QED) is 0.324. The van der Waals surface area contributed by atoms with Crippen LogP contribution < -0.4 is 10.1 Å². The van der Waals surface area contributed by atoms with Crippen LogP contribution in [0.1, 0.15) is 0 Å². The maximum Gasteiger partial charge on any atom is 0.205 e. The van der Waals surface area contributed by atoms with Crippen LogP contribution in [-0.4, -0.2) is 19.9 Å². The van der Waals surface area contributed by atoms with Crippen LogP contribution in [-0.2, 0) is 0 Å². The van der Waals surface area contributed by atoms with Gasteiger partial charge in [0.1, 0.15) is 21.6 Å². The molecule has 3 aromatic heterocycles. The molecule has 0 aliphatic heterocycles. The molecule has 7 heteroatoms. The maximum atomic E-state index is 5.88. The van der Waals surface area contributed by atoms with Crippen LogP contribution in [0.4, 0.5) is 11.6 Å². The molecule has 0 aliphatic carbocycles. The lowest BCUT2D eigenvalue weighted by atomic mass is 10.3. The number of para-hydroxylation sites is 1. The van der Waals surface area contributed by atoms with Crippen molar-refractivity contribution in [2.45, 2.75) is 0 Å². The summed E-state index contributed by atoms with van der Waals surface area (Å²) in [5, 5.41) is 3.29. The lowest BCUT2D eigenvalue weighted by Crippen LogP contribution is -1.91. The Bertz CT molecular complexity index is 1250. The molecule has 0 amide bonds. The Labute approximate surface area is 162 Å². The largest absolute Gasteiger partial charge is 0.457 e. The van der Waals surface area contributed by atoms with Crippen molar-refractivity contribution >= 4 is 49.6 Å².